The van der Waals surface area contributed by atoms with Gasteiger partial charge in [-0.3, -0.25) is 0 Å². The number of hydrogen-bond acceptors (Lipinski definition) is 5. The first kappa shape index (κ1) is 13.9. The molecule has 1 aliphatic rings. The summed E-state index contributed by atoms with van der Waals surface area (Å²) in [6, 6.07) is 0.111. The lowest BCUT2D eigenvalue weighted by atomic mass is 10.2. The van der Waals surface area contributed by atoms with Gasteiger partial charge in [0.15, 0.2) is 9.84 Å². The van der Waals surface area contributed by atoms with Gasteiger partial charge in [0.25, 0.3) is 0 Å². The second-order valence-corrected chi connectivity index (χ2v) is 6.61. The molecule has 0 amide bonds. The van der Waals surface area contributed by atoms with Crippen LogP contribution in [0.1, 0.15) is 12.8 Å². The highest BCUT2D eigenvalue weighted by Crippen LogP contribution is 2.06. The number of nitrogens with zero attached hydrogens (tertiary/aromatic N) is 1. The maximum atomic E-state index is 11.4. The molecule has 0 spiro atoms. The van der Waals surface area contributed by atoms with Crippen LogP contribution >= 0.6 is 0 Å². The van der Waals surface area contributed by atoms with Gasteiger partial charge in [0.2, 0.25) is 0 Å². The summed E-state index contributed by atoms with van der Waals surface area (Å²) in [5, 5.41) is 12.0. The number of hydrogen-bond donors (Lipinski definition) is 2. The highest BCUT2D eigenvalue weighted by Gasteiger charge is 2.19. The molecule has 5 nitrogen and oxygen atoms in total. The predicted octanol–water partition coefficient (Wildman–Crippen LogP) is -0.923. The number of aliphatic hydroxyl groups is 1. The van der Waals surface area contributed by atoms with Crippen molar-refractivity contribution in [2.75, 3.05) is 44.8 Å². The van der Waals surface area contributed by atoms with Crippen LogP contribution < -0.4 is 5.32 Å². The molecular formula is C10H22N2O3S. The van der Waals surface area contributed by atoms with Crippen molar-refractivity contribution in [3.63, 3.8) is 0 Å². The molecule has 96 valence electrons. The van der Waals surface area contributed by atoms with Crippen molar-refractivity contribution >= 4 is 9.84 Å². The smallest absolute Gasteiger partial charge is 0.151 e. The summed E-state index contributed by atoms with van der Waals surface area (Å²) in [7, 11) is -0.981. The molecular weight excluding hydrogens is 228 g/mol. The van der Waals surface area contributed by atoms with Crippen LogP contribution in [0.3, 0.4) is 0 Å². The number of sulfone groups is 1. The highest BCUT2D eigenvalue weighted by molar-refractivity contribution is 7.91. The van der Waals surface area contributed by atoms with E-state index < -0.39 is 9.84 Å². The molecule has 0 radical (unpaired) electrons. The summed E-state index contributed by atoms with van der Waals surface area (Å²) in [6.45, 7) is 2.45. The third kappa shape index (κ3) is 4.78. The summed E-state index contributed by atoms with van der Waals surface area (Å²) in [4.78, 5) is 2.17. The monoisotopic (exact) mass is 250 g/mol. The molecule has 1 unspecified atom stereocenters. The van der Waals surface area contributed by atoms with Crippen molar-refractivity contribution in [3.8, 4) is 0 Å². The lowest BCUT2D eigenvalue weighted by Gasteiger charge is -2.22. The number of rotatable bonds is 5. The fourth-order valence-electron chi connectivity index (χ4n) is 1.88. The molecule has 1 fully saturated rings. The fraction of sp³-hybridized carbons (Fsp3) is 1.00. The summed E-state index contributed by atoms with van der Waals surface area (Å²) in [5.74, 6) is 0.593. The quantitative estimate of drug-likeness (QED) is 0.660. The van der Waals surface area contributed by atoms with Crippen LogP contribution in [0.4, 0.5) is 0 Å². The fourth-order valence-corrected chi connectivity index (χ4v) is 3.19. The molecule has 1 saturated heterocycles. The second-order valence-electron chi connectivity index (χ2n) is 4.30. The Morgan fingerprint density at radius 1 is 1.38 bits per heavy atom. The van der Waals surface area contributed by atoms with E-state index in [0.29, 0.717) is 12.3 Å². The minimum Gasteiger partial charge on any atom is -0.395 e. The number of aliphatic hydroxyl groups excluding tert-OH is 1. The first-order valence-corrected chi connectivity index (χ1v) is 7.60. The van der Waals surface area contributed by atoms with Gasteiger partial charge in [0.05, 0.1) is 18.1 Å². The minimum absolute atomic E-state index is 0.111. The van der Waals surface area contributed by atoms with Gasteiger partial charge in [0.1, 0.15) is 0 Å². The largest absolute Gasteiger partial charge is 0.395 e. The van der Waals surface area contributed by atoms with E-state index in [1.807, 2.05) is 7.05 Å². The van der Waals surface area contributed by atoms with Crippen molar-refractivity contribution in [1.82, 2.24) is 10.2 Å². The summed E-state index contributed by atoms with van der Waals surface area (Å²) < 4.78 is 22.8. The van der Waals surface area contributed by atoms with E-state index in [2.05, 4.69) is 10.2 Å². The molecule has 0 aromatic rings. The Morgan fingerprint density at radius 3 is 2.75 bits per heavy atom. The lowest BCUT2D eigenvalue weighted by Crippen LogP contribution is -2.35. The zero-order chi connectivity index (χ0) is 12.0. The van der Waals surface area contributed by atoms with E-state index in [1.165, 1.54) is 0 Å². The van der Waals surface area contributed by atoms with Crippen molar-refractivity contribution < 1.29 is 13.5 Å². The van der Waals surface area contributed by atoms with Gasteiger partial charge < -0.3 is 15.3 Å². The molecule has 2 N–H and O–H groups in total. The van der Waals surface area contributed by atoms with Gasteiger partial charge in [-0.1, -0.05) is 0 Å². The van der Waals surface area contributed by atoms with Gasteiger partial charge in [-0.2, -0.15) is 0 Å². The molecule has 1 atom stereocenters. The minimum atomic E-state index is -2.81. The van der Waals surface area contributed by atoms with Crippen molar-refractivity contribution in [2.45, 2.75) is 18.9 Å². The van der Waals surface area contributed by atoms with E-state index in [9.17, 15) is 8.42 Å². The molecule has 1 heterocycles. The van der Waals surface area contributed by atoms with Crippen LogP contribution in [0.25, 0.3) is 0 Å². The van der Waals surface area contributed by atoms with Gasteiger partial charge in [-0.25, -0.2) is 8.42 Å². The molecule has 0 aromatic carbocycles. The Hall–Kier alpha value is -0.170. The number of likely N-dealkylation sites (N-methyl/N-ethyl adjacent to an activating group) is 1. The van der Waals surface area contributed by atoms with E-state index in [-0.39, 0.29) is 18.4 Å². The standard InChI is InChI=1S/C10H22N2O3S/c1-11-10(9-13)3-5-12-4-2-7-16(14,15)8-6-12/h10-11,13H,2-9H2,1H3. The topological polar surface area (TPSA) is 69.6 Å². The summed E-state index contributed by atoms with van der Waals surface area (Å²) in [5.41, 5.74) is 0. The Balaban J connectivity index is 2.33. The molecule has 0 bridgehead atoms. The highest BCUT2D eigenvalue weighted by atomic mass is 32.2. The predicted molar refractivity (Wildman–Crippen MR) is 64.3 cm³/mol. The van der Waals surface area contributed by atoms with Crippen LogP contribution in [0.15, 0.2) is 0 Å². The average Bonchev–Trinajstić information content (AvgIpc) is 2.41. The number of nitrogens with one attached hydrogen (secondary N) is 1. The third-order valence-corrected chi connectivity index (χ3v) is 4.79. The molecule has 1 aliphatic heterocycles. The second kappa shape index (κ2) is 6.54. The van der Waals surface area contributed by atoms with E-state index in [0.717, 1.165) is 25.9 Å². The molecule has 0 aliphatic carbocycles. The molecule has 0 saturated carbocycles. The average molecular weight is 250 g/mol. The first-order valence-electron chi connectivity index (χ1n) is 5.78. The zero-order valence-electron chi connectivity index (χ0n) is 9.85. The molecule has 16 heavy (non-hydrogen) atoms. The van der Waals surface area contributed by atoms with Crippen LogP contribution in [-0.4, -0.2) is 69.3 Å². The van der Waals surface area contributed by atoms with Crippen LogP contribution in [-0.2, 0) is 9.84 Å². The van der Waals surface area contributed by atoms with Crippen molar-refractivity contribution in [1.29, 1.82) is 0 Å². The Labute approximate surface area is 97.7 Å². The van der Waals surface area contributed by atoms with Gasteiger partial charge in [0, 0.05) is 12.6 Å². The van der Waals surface area contributed by atoms with Crippen LogP contribution in [0.2, 0.25) is 0 Å². The maximum absolute atomic E-state index is 11.4. The van der Waals surface area contributed by atoms with Gasteiger partial charge >= 0.3 is 0 Å². The summed E-state index contributed by atoms with van der Waals surface area (Å²) >= 11 is 0. The van der Waals surface area contributed by atoms with E-state index in [1.54, 1.807) is 0 Å². The normalized spacial score (nSPS) is 23.9. The lowest BCUT2D eigenvalue weighted by molar-refractivity contribution is 0.215. The third-order valence-electron chi connectivity index (χ3n) is 3.07. The van der Waals surface area contributed by atoms with Crippen LogP contribution in [0.5, 0.6) is 0 Å². The van der Waals surface area contributed by atoms with Crippen LogP contribution in [0, 0.1) is 0 Å². The van der Waals surface area contributed by atoms with Gasteiger partial charge in [-0.15, -0.1) is 0 Å². The molecule has 6 heteroatoms. The molecule has 1 rings (SSSR count). The van der Waals surface area contributed by atoms with E-state index >= 15 is 0 Å². The Morgan fingerprint density at radius 2 is 2.12 bits per heavy atom. The van der Waals surface area contributed by atoms with E-state index in [4.69, 9.17) is 5.11 Å². The maximum Gasteiger partial charge on any atom is 0.151 e. The summed E-state index contributed by atoms with van der Waals surface area (Å²) in [6.07, 6.45) is 1.58. The first-order chi connectivity index (χ1) is 7.57. The van der Waals surface area contributed by atoms with Crippen molar-refractivity contribution in [2.24, 2.45) is 0 Å². The zero-order valence-corrected chi connectivity index (χ0v) is 10.7. The van der Waals surface area contributed by atoms with Gasteiger partial charge in [-0.05, 0) is 33.0 Å². The van der Waals surface area contributed by atoms with Crippen molar-refractivity contribution in [3.05, 3.63) is 0 Å². The molecule has 0 aromatic heterocycles. The SMILES string of the molecule is CNC(CO)CCN1CCCS(=O)(=O)CC1. The Bertz CT molecular complexity index is 288. The Kier molecular flexibility index (Phi) is 5.68.